The Balaban J connectivity index is 1.52. The maximum atomic E-state index is 11.8. The van der Waals surface area contributed by atoms with Gasteiger partial charge in [-0.15, -0.1) is 0 Å². The van der Waals surface area contributed by atoms with Crippen LogP contribution in [-0.4, -0.2) is 31.5 Å². The second kappa shape index (κ2) is 12.9. The quantitative estimate of drug-likeness (QED) is 0.246. The molecule has 1 aliphatic rings. The van der Waals surface area contributed by atoms with Crippen LogP contribution in [0.5, 0.6) is 11.5 Å². The van der Waals surface area contributed by atoms with Crippen LogP contribution in [0.25, 0.3) is 5.57 Å². The summed E-state index contributed by atoms with van der Waals surface area (Å²) in [4.78, 5) is 23.2. The number of ether oxygens (including phenoxy) is 3. The number of imide groups is 1. The third-order valence-corrected chi connectivity index (χ3v) is 6.66. The van der Waals surface area contributed by atoms with E-state index in [-0.39, 0.29) is 16.6 Å². The number of rotatable bonds is 12. The summed E-state index contributed by atoms with van der Waals surface area (Å²) in [5, 5.41) is 1.51. The number of hydrogen-bond acceptors (Lipinski definition) is 6. The molecule has 2 aromatic carbocycles. The van der Waals surface area contributed by atoms with Gasteiger partial charge in [0.15, 0.2) is 0 Å². The lowest BCUT2D eigenvalue weighted by Crippen LogP contribution is -2.20. The molecule has 1 fully saturated rings. The van der Waals surface area contributed by atoms with E-state index in [4.69, 9.17) is 14.2 Å². The van der Waals surface area contributed by atoms with Crippen LogP contribution >= 0.6 is 11.8 Å². The average Bonchev–Trinajstić information content (AvgIpc) is 3.17. The molecule has 36 heavy (non-hydrogen) atoms. The fourth-order valence-corrected chi connectivity index (χ4v) is 4.89. The lowest BCUT2D eigenvalue weighted by molar-refractivity contribution is -0.119. The van der Waals surface area contributed by atoms with Crippen molar-refractivity contribution in [1.29, 1.82) is 0 Å². The summed E-state index contributed by atoms with van der Waals surface area (Å²) in [5.74, 6) is 1.37. The number of hydrogen-bond donors (Lipinski definition) is 1. The lowest BCUT2D eigenvalue weighted by Gasteiger charge is -2.21. The van der Waals surface area contributed by atoms with Gasteiger partial charge in [0.25, 0.3) is 5.24 Å². The third kappa shape index (κ3) is 8.05. The Hall–Kier alpha value is -2.93. The van der Waals surface area contributed by atoms with E-state index in [2.05, 4.69) is 51.2 Å². The number of allylic oxidation sites excluding steroid dienone is 1. The summed E-state index contributed by atoms with van der Waals surface area (Å²) >= 11 is 1.00. The first-order valence-corrected chi connectivity index (χ1v) is 13.3. The molecule has 0 bridgehead atoms. The van der Waals surface area contributed by atoms with Crippen LogP contribution in [0.15, 0.2) is 48.7 Å². The van der Waals surface area contributed by atoms with Crippen molar-refractivity contribution < 1.29 is 23.8 Å². The summed E-state index contributed by atoms with van der Waals surface area (Å²) in [6, 6.07) is 13.7. The summed E-state index contributed by atoms with van der Waals surface area (Å²) in [7, 11) is 1.69. The van der Waals surface area contributed by atoms with E-state index in [1.807, 2.05) is 30.5 Å². The molecule has 1 atom stereocenters. The van der Waals surface area contributed by atoms with Crippen molar-refractivity contribution in [3.8, 4) is 11.5 Å². The minimum atomic E-state index is -0.488. The molecule has 6 nitrogen and oxygen atoms in total. The predicted molar refractivity (Wildman–Crippen MR) is 145 cm³/mol. The van der Waals surface area contributed by atoms with Crippen molar-refractivity contribution >= 4 is 28.5 Å². The Labute approximate surface area is 218 Å². The minimum absolute atomic E-state index is 0.161. The Morgan fingerprint density at radius 2 is 1.78 bits per heavy atom. The van der Waals surface area contributed by atoms with Crippen LogP contribution in [0.2, 0.25) is 0 Å². The van der Waals surface area contributed by atoms with Gasteiger partial charge in [-0.2, -0.15) is 0 Å². The number of methoxy groups -OCH3 is 1. The molecule has 1 heterocycles. The predicted octanol–water partition coefficient (Wildman–Crippen LogP) is 6.93. The molecule has 194 valence electrons. The van der Waals surface area contributed by atoms with E-state index in [0.29, 0.717) is 13.2 Å². The number of thioether (sulfide) groups is 1. The largest absolute Gasteiger partial charge is 0.504 e. The summed E-state index contributed by atoms with van der Waals surface area (Å²) in [6.07, 6.45) is 5.50. The Bertz CT molecular complexity index is 1070. The molecule has 1 saturated heterocycles. The van der Waals surface area contributed by atoms with Gasteiger partial charge in [0, 0.05) is 6.42 Å². The van der Waals surface area contributed by atoms with Gasteiger partial charge in [0.05, 0.1) is 26.6 Å². The van der Waals surface area contributed by atoms with Crippen molar-refractivity contribution in [3.63, 3.8) is 0 Å². The molecule has 0 aromatic heterocycles. The molecule has 3 rings (SSSR count). The van der Waals surface area contributed by atoms with Crippen molar-refractivity contribution in [1.82, 2.24) is 5.32 Å². The minimum Gasteiger partial charge on any atom is -0.504 e. The first-order chi connectivity index (χ1) is 17.2. The van der Waals surface area contributed by atoms with Crippen LogP contribution in [0.3, 0.4) is 0 Å². The van der Waals surface area contributed by atoms with Gasteiger partial charge in [0.1, 0.15) is 16.7 Å². The monoisotopic (exact) mass is 511 g/mol. The molecule has 0 aliphatic carbocycles. The van der Waals surface area contributed by atoms with E-state index in [0.717, 1.165) is 54.5 Å². The standard InChI is InChI=1S/C29H37NO5S/c1-6-8-22-17-21(23(19-33-5)18-29(2,3)4)11-14-25(22)35-16-7-15-34-24-12-9-20(10-13-24)26-27(31)30-28(32)36-26/h9-14,17,19,26H,6-8,15-16,18H2,1-5H3,(H,30,31,32)/b23-19-. The number of nitrogens with one attached hydrogen (secondary N) is 1. The van der Waals surface area contributed by atoms with Crippen molar-refractivity contribution in [3.05, 3.63) is 65.4 Å². The molecule has 0 saturated carbocycles. The van der Waals surface area contributed by atoms with E-state index in [1.54, 1.807) is 7.11 Å². The van der Waals surface area contributed by atoms with Crippen molar-refractivity contribution in [2.24, 2.45) is 5.41 Å². The van der Waals surface area contributed by atoms with Crippen LogP contribution in [0, 0.1) is 5.41 Å². The van der Waals surface area contributed by atoms with E-state index < -0.39 is 5.25 Å². The van der Waals surface area contributed by atoms with Crippen molar-refractivity contribution in [2.75, 3.05) is 20.3 Å². The molecule has 1 unspecified atom stereocenters. The van der Waals surface area contributed by atoms with Crippen molar-refractivity contribution in [2.45, 2.75) is 58.6 Å². The topological polar surface area (TPSA) is 73.9 Å². The third-order valence-electron chi connectivity index (χ3n) is 5.62. The summed E-state index contributed by atoms with van der Waals surface area (Å²) in [5.41, 5.74) is 4.51. The lowest BCUT2D eigenvalue weighted by atomic mass is 9.85. The van der Waals surface area contributed by atoms with E-state index in [9.17, 15) is 9.59 Å². The van der Waals surface area contributed by atoms with E-state index in [1.165, 1.54) is 16.7 Å². The fraction of sp³-hybridized carbons (Fsp3) is 0.448. The number of benzene rings is 2. The highest BCUT2D eigenvalue weighted by atomic mass is 32.2. The molecule has 2 aromatic rings. The van der Waals surface area contributed by atoms with Gasteiger partial charge >= 0.3 is 0 Å². The molecule has 2 amide bonds. The van der Waals surface area contributed by atoms with Crippen LogP contribution < -0.4 is 14.8 Å². The first-order valence-electron chi connectivity index (χ1n) is 12.4. The summed E-state index contributed by atoms with van der Waals surface area (Å²) in [6.45, 7) is 9.93. The smallest absolute Gasteiger partial charge is 0.286 e. The Kier molecular flexibility index (Phi) is 9.88. The Morgan fingerprint density at radius 3 is 2.39 bits per heavy atom. The molecule has 7 heteroatoms. The molecular weight excluding hydrogens is 474 g/mol. The number of carbonyl (C=O) groups is 2. The maximum absolute atomic E-state index is 11.8. The van der Waals surface area contributed by atoms with Crippen LogP contribution in [-0.2, 0) is 16.0 Å². The normalized spacial score (nSPS) is 16.1. The van der Waals surface area contributed by atoms with Gasteiger partial charge in [-0.25, -0.2) is 0 Å². The first kappa shape index (κ1) is 27.7. The van der Waals surface area contributed by atoms with Crippen LogP contribution in [0.1, 0.15) is 68.9 Å². The zero-order valence-corrected chi connectivity index (χ0v) is 22.7. The maximum Gasteiger partial charge on any atom is 0.286 e. The zero-order chi connectivity index (χ0) is 26.1. The van der Waals surface area contributed by atoms with Gasteiger partial charge in [-0.1, -0.05) is 52.3 Å². The second-order valence-electron chi connectivity index (χ2n) is 10.1. The molecule has 0 radical (unpaired) electrons. The second-order valence-corrected chi connectivity index (χ2v) is 11.2. The number of aryl methyl sites for hydroxylation is 1. The van der Waals surface area contributed by atoms with Gasteiger partial charge in [0.2, 0.25) is 5.91 Å². The zero-order valence-electron chi connectivity index (χ0n) is 21.9. The SMILES string of the molecule is CCCc1cc(/C(=C\OC)CC(C)(C)C)ccc1OCCCOc1ccc(C2SC(=O)NC2=O)cc1. The average molecular weight is 512 g/mol. The highest BCUT2D eigenvalue weighted by Gasteiger charge is 2.32. The molecular formula is C29H37NO5S. The number of carbonyl (C=O) groups excluding carboxylic acids is 2. The van der Waals surface area contributed by atoms with E-state index >= 15 is 0 Å². The van der Waals surface area contributed by atoms with Crippen LogP contribution in [0.4, 0.5) is 4.79 Å². The Morgan fingerprint density at radius 1 is 1.06 bits per heavy atom. The fourth-order valence-electron chi connectivity index (χ4n) is 4.06. The molecule has 0 spiro atoms. The van der Waals surface area contributed by atoms with Gasteiger partial charge in [-0.3, -0.25) is 14.9 Å². The van der Waals surface area contributed by atoms with Gasteiger partial charge in [-0.05, 0) is 76.5 Å². The molecule has 1 aliphatic heterocycles. The van der Waals surface area contributed by atoms with Gasteiger partial charge < -0.3 is 14.2 Å². The highest BCUT2D eigenvalue weighted by molar-refractivity contribution is 8.15. The molecule has 1 N–H and O–H groups in total. The number of amides is 2. The summed E-state index contributed by atoms with van der Waals surface area (Å²) < 4.78 is 17.3. The highest BCUT2D eigenvalue weighted by Crippen LogP contribution is 2.35.